The van der Waals surface area contributed by atoms with Crippen molar-refractivity contribution in [3.63, 3.8) is 0 Å². The van der Waals surface area contributed by atoms with E-state index in [0.717, 1.165) is 4.47 Å². The summed E-state index contributed by atoms with van der Waals surface area (Å²) in [6, 6.07) is 3.61. The number of carbonyl (C=O) groups is 1. The van der Waals surface area contributed by atoms with E-state index in [9.17, 15) is 4.79 Å². The molecule has 0 spiro atoms. The summed E-state index contributed by atoms with van der Waals surface area (Å²) in [6.45, 7) is 6.49. The molecule has 5 nitrogen and oxygen atoms in total. The molecule has 1 aliphatic rings. The number of nitrogens with two attached hydrogens (primary N) is 1. The summed E-state index contributed by atoms with van der Waals surface area (Å²) in [5.74, 6) is 0.260. The van der Waals surface area contributed by atoms with Crippen LogP contribution in [-0.4, -0.2) is 29.1 Å². The molecule has 0 bridgehead atoms. The van der Waals surface area contributed by atoms with Crippen LogP contribution in [0.25, 0.3) is 0 Å². The molecular weight excluding hydrogens is 322 g/mol. The van der Waals surface area contributed by atoms with Crippen molar-refractivity contribution in [3.05, 3.63) is 22.8 Å². The summed E-state index contributed by atoms with van der Waals surface area (Å²) < 4.78 is 6.36. The van der Waals surface area contributed by atoms with Crippen LogP contribution in [0.2, 0.25) is 0 Å². The van der Waals surface area contributed by atoms with Gasteiger partial charge in [-0.15, -0.1) is 0 Å². The van der Waals surface area contributed by atoms with Gasteiger partial charge in [-0.3, -0.25) is 4.79 Å². The number of hydrogen-bond acceptors (Lipinski definition) is 4. The van der Waals surface area contributed by atoms with E-state index in [2.05, 4.69) is 26.2 Å². The lowest BCUT2D eigenvalue weighted by Crippen LogP contribution is -2.74. The van der Waals surface area contributed by atoms with Crippen LogP contribution in [0, 0.1) is 5.41 Å². The summed E-state index contributed by atoms with van der Waals surface area (Å²) in [7, 11) is 0. The van der Waals surface area contributed by atoms with E-state index in [1.54, 1.807) is 12.3 Å². The molecule has 110 valence electrons. The molecule has 1 fully saturated rings. The molecule has 2 atom stereocenters. The second kappa shape index (κ2) is 5.42. The summed E-state index contributed by atoms with van der Waals surface area (Å²) in [6.07, 6.45) is 2.15. The zero-order valence-corrected chi connectivity index (χ0v) is 13.5. The lowest BCUT2D eigenvalue weighted by molar-refractivity contribution is -0.166. The van der Waals surface area contributed by atoms with Gasteiger partial charge in [0.2, 0.25) is 5.91 Å². The highest BCUT2D eigenvalue weighted by atomic mass is 79.9. The number of halogens is 1. The minimum absolute atomic E-state index is 0.00965. The number of nitrogens with one attached hydrogen (secondary N) is 1. The lowest BCUT2D eigenvalue weighted by Gasteiger charge is -2.57. The SMILES string of the molecule is CCOC1CC(N)(C(=O)Nc2ncccc2Br)C1(C)C. The van der Waals surface area contributed by atoms with Crippen molar-refractivity contribution in [2.45, 2.75) is 38.8 Å². The van der Waals surface area contributed by atoms with Crippen LogP contribution in [0.3, 0.4) is 0 Å². The topological polar surface area (TPSA) is 77.2 Å². The van der Waals surface area contributed by atoms with Crippen LogP contribution in [0.5, 0.6) is 0 Å². The van der Waals surface area contributed by atoms with Gasteiger partial charge in [-0.25, -0.2) is 4.98 Å². The zero-order chi connectivity index (χ0) is 15.0. The highest BCUT2D eigenvalue weighted by molar-refractivity contribution is 9.10. The third-order valence-electron chi connectivity index (χ3n) is 4.23. The molecule has 2 unspecified atom stereocenters. The molecular formula is C14H20BrN3O2. The van der Waals surface area contributed by atoms with E-state index in [1.807, 2.05) is 26.8 Å². The Hall–Kier alpha value is -0.980. The highest BCUT2D eigenvalue weighted by Gasteiger charge is 2.62. The number of hydrogen-bond donors (Lipinski definition) is 2. The minimum atomic E-state index is -0.941. The number of ether oxygens (including phenoxy) is 1. The first-order valence-electron chi connectivity index (χ1n) is 6.65. The maximum Gasteiger partial charge on any atom is 0.246 e. The number of pyridine rings is 1. The van der Waals surface area contributed by atoms with Gasteiger partial charge in [0, 0.05) is 24.6 Å². The number of nitrogens with zero attached hydrogens (tertiary/aromatic N) is 1. The maximum absolute atomic E-state index is 12.5. The largest absolute Gasteiger partial charge is 0.378 e. The van der Waals surface area contributed by atoms with Crippen molar-refractivity contribution in [3.8, 4) is 0 Å². The molecule has 1 aliphatic carbocycles. The van der Waals surface area contributed by atoms with E-state index in [4.69, 9.17) is 10.5 Å². The quantitative estimate of drug-likeness (QED) is 0.880. The van der Waals surface area contributed by atoms with Gasteiger partial charge in [0.05, 0.1) is 10.6 Å². The molecule has 1 aromatic rings. The predicted octanol–water partition coefficient (Wildman–Crippen LogP) is 2.32. The van der Waals surface area contributed by atoms with Gasteiger partial charge in [0.25, 0.3) is 0 Å². The van der Waals surface area contributed by atoms with Gasteiger partial charge in [0.15, 0.2) is 0 Å². The standard InChI is InChI=1S/C14H20BrN3O2/c1-4-20-10-8-14(16,13(10,2)3)12(19)18-11-9(15)6-5-7-17-11/h5-7,10H,4,8,16H2,1-3H3,(H,17,18,19). The Bertz CT molecular complexity index is 521. The van der Waals surface area contributed by atoms with E-state index in [1.165, 1.54) is 0 Å². The van der Waals surface area contributed by atoms with Gasteiger partial charge in [0.1, 0.15) is 11.4 Å². The number of rotatable bonds is 4. The van der Waals surface area contributed by atoms with Crippen molar-refractivity contribution in [1.29, 1.82) is 0 Å². The molecule has 1 heterocycles. The van der Waals surface area contributed by atoms with E-state index in [0.29, 0.717) is 18.8 Å². The van der Waals surface area contributed by atoms with Crippen LogP contribution in [-0.2, 0) is 9.53 Å². The maximum atomic E-state index is 12.5. The average Bonchev–Trinajstić information content (AvgIpc) is 2.40. The first-order valence-corrected chi connectivity index (χ1v) is 7.44. The molecule has 20 heavy (non-hydrogen) atoms. The van der Waals surface area contributed by atoms with E-state index in [-0.39, 0.29) is 12.0 Å². The van der Waals surface area contributed by atoms with Gasteiger partial charge < -0.3 is 15.8 Å². The molecule has 0 aromatic carbocycles. The second-order valence-corrected chi connectivity index (χ2v) is 6.48. The van der Waals surface area contributed by atoms with E-state index >= 15 is 0 Å². The number of amides is 1. The van der Waals surface area contributed by atoms with Gasteiger partial charge in [-0.1, -0.05) is 13.8 Å². The normalized spacial score (nSPS) is 27.8. The second-order valence-electron chi connectivity index (χ2n) is 5.63. The van der Waals surface area contributed by atoms with Crippen LogP contribution >= 0.6 is 15.9 Å². The van der Waals surface area contributed by atoms with E-state index < -0.39 is 11.0 Å². The minimum Gasteiger partial charge on any atom is -0.378 e. The van der Waals surface area contributed by atoms with Gasteiger partial charge in [-0.05, 0) is 35.0 Å². The summed E-state index contributed by atoms with van der Waals surface area (Å²) in [4.78, 5) is 16.6. The van der Waals surface area contributed by atoms with Crippen LogP contribution < -0.4 is 11.1 Å². The van der Waals surface area contributed by atoms with Crippen molar-refractivity contribution in [1.82, 2.24) is 4.98 Å². The number of carbonyl (C=O) groups excluding carboxylic acids is 1. The van der Waals surface area contributed by atoms with Crippen LogP contribution in [0.15, 0.2) is 22.8 Å². The molecule has 1 saturated carbocycles. The van der Waals surface area contributed by atoms with Crippen LogP contribution in [0.4, 0.5) is 5.82 Å². The average molecular weight is 342 g/mol. The van der Waals surface area contributed by atoms with Crippen molar-refractivity contribution in [2.75, 3.05) is 11.9 Å². The first kappa shape index (κ1) is 15.4. The molecule has 0 radical (unpaired) electrons. The third kappa shape index (κ3) is 2.36. The van der Waals surface area contributed by atoms with Crippen molar-refractivity contribution in [2.24, 2.45) is 11.1 Å². The Morgan fingerprint density at radius 1 is 1.65 bits per heavy atom. The fourth-order valence-electron chi connectivity index (χ4n) is 2.52. The molecule has 0 aliphatic heterocycles. The Balaban J connectivity index is 2.12. The Morgan fingerprint density at radius 2 is 2.35 bits per heavy atom. The Kier molecular flexibility index (Phi) is 4.18. The molecule has 2 rings (SSSR count). The van der Waals surface area contributed by atoms with Crippen molar-refractivity contribution >= 4 is 27.7 Å². The first-order chi connectivity index (χ1) is 9.33. The zero-order valence-electron chi connectivity index (χ0n) is 11.9. The lowest BCUT2D eigenvalue weighted by atomic mass is 9.54. The Labute approximate surface area is 127 Å². The molecule has 6 heteroatoms. The van der Waals surface area contributed by atoms with Gasteiger partial charge in [-0.2, -0.15) is 0 Å². The number of anilines is 1. The smallest absolute Gasteiger partial charge is 0.246 e. The van der Waals surface area contributed by atoms with Crippen molar-refractivity contribution < 1.29 is 9.53 Å². The highest BCUT2D eigenvalue weighted by Crippen LogP contribution is 2.50. The fourth-order valence-corrected chi connectivity index (χ4v) is 2.87. The Morgan fingerprint density at radius 3 is 2.90 bits per heavy atom. The molecule has 1 aromatic heterocycles. The monoisotopic (exact) mass is 341 g/mol. The fraction of sp³-hybridized carbons (Fsp3) is 0.571. The summed E-state index contributed by atoms with van der Waals surface area (Å²) >= 11 is 3.35. The molecule has 1 amide bonds. The molecule has 3 N–H and O–H groups in total. The van der Waals surface area contributed by atoms with Crippen LogP contribution in [0.1, 0.15) is 27.2 Å². The number of aromatic nitrogens is 1. The third-order valence-corrected chi connectivity index (χ3v) is 4.87. The summed E-state index contributed by atoms with van der Waals surface area (Å²) in [5, 5.41) is 2.79. The molecule has 0 saturated heterocycles. The van der Waals surface area contributed by atoms with Gasteiger partial charge >= 0.3 is 0 Å². The summed E-state index contributed by atoms with van der Waals surface area (Å²) in [5.41, 5.74) is 4.96. The predicted molar refractivity (Wildman–Crippen MR) is 81.3 cm³/mol.